The topological polar surface area (TPSA) is 55.9 Å². The molecular formula is C15H28N4. The Hall–Kier alpha value is -0.870. The van der Waals surface area contributed by atoms with Gasteiger partial charge in [0.2, 0.25) is 0 Å². The van der Waals surface area contributed by atoms with Crippen molar-refractivity contribution in [1.82, 2.24) is 15.0 Å². The Morgan fingerprint density at radius 1 is 1.53 bits per heavy atom. The monoisotopic (exact) mass is 264 g/mol. The van der Waals surface area contributed by atoms with Crippen molar-refractivity contribution in [3.05, 3.63) is 18.2 Å². The number of aromatic nitrogens is 2. The molecule has 1 aromatic rings. The third-order valence-electron chi connectivity index (χ3n) is 4.43. The normalized spacial score (nSPS) is 25.4. The molecule has 3 N–H and O–H groups in total. The molecule has 4 heteroatoms. The molecule has 0 aromatic carbocycles. The summed E-state index contributed by atoms with van der Waals surface area (Å²) >= 11 is 0. The fourth-order valence-corrected chi connectivity index (χ4v) is 3.38. The lowest BCUT2D eigenvalue weighted by atomic mass is 9.78. The van der Waals surface area contributed by atoms with Crippen LogP contribution >= 0.6 is 0 Å². The van der Waals surface area contributed by atoms with E-state index >= 15 is 0 Å². The highest BCUT2D eigenvalue weighted by Crippen LogP contribution is 2.31. The van der Waals surface area contributed by atoms with Gasteiger partial charge in [0, 0.05) is 31.4 Å². The molecule has 1 aromatic heterocycles. The lowest BCUT2D eigenvalue weighted by Gasteiger charge is -2.32. The first-order valence-electron chi connectivity index (χ1n) is 7.70. The number of hydrazine groups is 1. The van der Waals surface area contributed by atoms with Crippen molar-refractivity contribution in [1.29, 1.82) is 0 Å². The Labute approximate surface area is 116 Å². The van der Waals surface area contributed by atoms with E-state index in [1.807, 2.05) is 6.20 Å². The summed E-state index contributed by atoms with van der Waals surface area (Å²) in [7, 11) is 0. The number of nitrogens with zero attached hydrogens (tertiary/aromatic N) is 2. The van der Waals surface area contributed by atoms with E-state index in [9.17, 15) is 0 Å². The van der Waals surface area contributed by atoms with Crippen LogP contribution in [0, 0.1) is 11.8 Å². The summed E-state index contributed by atoms with van der Waals surface area (Å²) in [6, 6.07) is 0.362. The zero-order valence-electron chi connectivity index (χ0n) is 12.3. The van der Waals surface area contributed by atoms with Crippen molar-refractivity contribution in [3.8, 4) is 0 Å². The predicted molar refractivity (Wildman–Crippen MR) is 78.5 cm³/mol. The average molecular weight is 264 g/mol. The van der Waals surface area contributed by atoms with Crippen LogP contribution in [0.15, 0.2) is 12.4 Å². The van der Waals surface area contributed by atoms with Gasteiger partial charge in [-0.2, -0.15) is 0 Å². The molecule has 19 heavy (non-hydrogen) atoms. The summed E-state index contributed by atoms with van der Waals surface area (Å²) in [4.78, 5) is 4.50. The van der Waals surface area contributed by atoms with E-state index in [2.05, 4.69) is 35.0 Å². The Bertz CT molecular complexity index is 374. The van der Waals surface area contributed by atoms with Crippen molar-refractivity contribution < 1.29 is 0 Å². The lowest BCUT2D eigenvalue weighted by molar-refractivity contribution is 0.219. The zero-order valence-corrected chi connectivity index (χ0v) is 12.3. The van der Waals surface area contributed by atoms with E-state index in [1.165, 1.54) is 31.5 Å². The molecule has 0 saturated heterocycles. The van der Waals surface area contributed by atoms with Crippen LogP contribution in [-0.4, -0.2) is 15.6 Å². The lowest BCUT2D eigenvalue weighted by Crippen LogP contribution is -2.44. The van der Waals surface area contributed by atoms with Gasteiger partial charge in [-0.1, -0.05) is 26.7 Å². The van der Waals surface area contributed by atoms with Gasteiger partial charge in [-0.15, -0.1) is 0 Å². The minimum absolute atomic E-state index is 0.362. The second-order valence-electron chi connectivity index (χ2n) is 6.05. The summed E-state index contributed by atoms with van der Waals surface area (Å²) in [6.07, 6.45) is 11.4. The maximum Gasteiger partial charge on any atom is 0.110 e. The van der Waals surface area contributed by atoms with Crippen molar-refractivity contribution >= 4 is 0 Å². The molecule has 1 heterocycles. The van der Waals surface area contributed by atoms with E-state index < -0.39 is 0 Å². The first-order valence-corrected chi connectivity index (χ1v) is 7.70. The van der Waals surface area contributed by atoms with Gasteiger partial charge in [0.15, 0.2) is 0 Å². The first kappa shape index (κ1) is 14.5. The number of nitrogens with one attached hydrogen (secondary N) is 1. The molecule has 108 valence electrons. The average Bonchev–Trinajstić information content (AvgIpc) is 2.84. The number of imidazole rings is 1. The minimum Gasteiger partial charge on any atom is -0.335 e. The molecule has 1 saturated carbocycles. The highest BCUT2D eigenvalue weighted by molar-refractivity contribution is 4.97. The molecule has 0 bridgehead atoms. The minimum atomic E-state index is 0.362. The third-order valence-corrected chi connectivity index (χ3v) is 4.43. The predicted octanol–water partition coefficient (Wildman–Crippen LogP) is 2.49. The van der Waals surface area contributed by atoms with Crippen LogP contribution < -0.4 is 11.3 Å². The summed E-state index contributed by atoms with van der Waals surface area (Å²) in [5.74, 6) is 8.50. The standard InChI is InChI=1S/C15H28N4/c1-3-8-19-9-7-17-15(19)11-14(18-16)13-6-4-5-12(2)10-13/h7,9,12-14,18H,3-6,8,10-11,16H2,1-2H3. The maximum absolute atomic E-state index is 5.80. The fourth-order valence-electron chi connectivity index (χ4n) is 3.38. The van der Waals surface area contributed by atoms with Gasteiger partial charge in [-0.25, -0.2) is 4.98 Å². The van der Waals surface area contributed by atoms with Gasteiger partial charge in [0.25, 0.3) is 0 Å². The molecule has 3 atom stereocenters. The smallest absolute Gasteiger partial charge is 0.110 e. The third kappa shape index (κ3) is 3.80. The van der Waals surface area contributed by atoms with E-state index in [1.54, 1.807) is 0 Å². The van der Waals surface area contributed by atoms with Gasteiger partial charge in [-0.3, -0.25) is 11.3 Å². The van der Waals surface area contributed by atoms with Crippen LogP contribution in [0.1, 0.15) is 51.8 Å². The SMILES string of the molecule is CCCn1ccnc1CC(NN)C1CCCC(C)C1. The van der Waals surface area contributed by atoms with Crippen LogP contribution in [0.3, 0.4) is 0 Å². The maximum atomic E-state index is 5.80. The Kier molecular flexibility index (Phi) is 5.40. The van der Waals surface area contributed by atoms with Crippen LogP contribution in [0.25, 0.3) is 0 Å². The van der Waals surface area contributed by atoms with Crippen molar-refractivity contribution in [2.24, 2.45) is 17.7 Å². The van der Waals surface area contributed by atoms with Gasteiger partial charge < -0.3 is 4.57 Å². The molecule has 1 aliphatic carbocycles. The Morgan fingerprint density at radius 3 is 3.05 bits per heavy atom. The molecule has 3 unspecified atom stereocenters. The van der Waals surface area contributed by atoms with Crippen molar-refractivity contribution in [3.63, 3.8) is 0 Å². The second-order valence-corrected chi connectivity index (χ2v) is 6.05. The number of aryl methyl sites for hydroxylation is 1. The molecule has 1 aliphatic rings. The molecule has 0 spiro atoms. The largest absolute Gasteiger partial charge is 0.335 e. The summed E-state index contributed by atoms with van der Waals surface area (Å²) < 4.78 is 2.26. The first-order chi connectivity index (χ1) is 9.24. The van der Waals surface area contributed by atoms with E-state index in [0.29, 0.717) is 12.0 Å². The van der Waals surface area contributed by atoms with Crippen LogP contribution in [-0.2, 0) is 13.0 Å². The quantitative estimate of drug-likeness (QED) is 0.613. The van der Waals surface area contributed by atoms with E-state index in [-0.39, 0.29) is 0 Å². The zero-order chi connectivity index (χ0) is 13.7. The molecule has 0 radical (unpaired) electrons. The molecule has 4 nitrogen and oxygen atoms in total. The molecule has 1 fully saturated rings. The van der Waals surface area contributed by atoms with Gasteiger partial charge in [0.1, 0.15) is 5.82 Å². The molecule has 0 aliphatic heterocycles. The highest BCUT2D eigenvalue weighted by atomic mass is 15.2. The molecule has 0 amide bonds. The Morgan fingerprint density at radius 2 is 2.37 bits per heavy atom. The summed E-state index contributed by atoms with van der Waals surface area (Å²) in [5.41, 5.74) is 3.05. The Balaban J connectivity index is 1.99. The fraction of sp³-hybridized carbons (Fsp3) is 0.800. The van der Waals surface area contributed by atoms with Gasteiger partial charge in [0.05, 0.1) is 0 Å². The van der Waals surface area contributed by atoms with Crippen molar-refractivity contribution in [2.75, 3.05) is 0 Å². The molecule has 2 rings (SSSR count). The van der Waals surface area contributed by atoms with E-state index in [0.717, 1.165) is 25.3 Å². The number of nitrogens with two attached hydrogens (primary N) is 1. The number of hydrogen-bond donors (Lipinski definition) is 2. The van der Waals surface area contributed by atoms with Gasteiger partial charge in [-0.05, 0) is 31.1 Å². The summed E-state index contributed by atoms with van der Waals surface area (Å²) in [5, 5.41) is 0. The highest BCUT2D eigenvalue weighted by Gasteiger charge is 2.27. The second kappa shape index (κ2) is 7.06. The van der Waals surface area contributed by atoms with E-state index in [4.69, 9.17) is 5.84 Å². The van der Waals surface area contributed by atoms with Gasteiger partial charge >= 0.3 is 0 Å². The number of rotatable bonds is 6. The summed E-state index contributed by atoms with van der Waals surface area (Å²) in [6.45, 7) is 5.61. The van der Waals surface area contributed by atoms with Crippen LogP contribution in [0.2, 0.25) is 0 Å². The van der Waals surface area contributed by atoms with Crippen LogP contribution in [0.4, 0.5) is 0 Å². The van der Waals surface area contributed by atoms with Crippen molar-refractivity contribution in [2.45, 2.75) is 65.0 Å². The van der Waals surface area contributed by atoms with Crippen LogP contribution in [0.5, 0.6) is 0 Å². The number of hydrogen-bond acceptors (Lipinski definition) is 3. The molecular weight excluding hydrogens is 236 g/mol.